The Hall–Kier alpha value is -0.340. The maximum atomic E-state index is 9.73. The molecule has 1 aromatic rings. The number of alkyl halides is 1. The molecule has 0 aromatic heterocycles. The lowest BCUT2D eigenvalue weighted by molar-refractivity contribution is 0.187. The highest BCUT2D eigenvalue weighted by Crippen LogP contribution is 2.35. The van der Waals surface area contributed by atoms with Gasteiger partial charge in [-0.1, -0.05) is 39.7 Å². The maximum absolute atomic E-state index is 9.73. The molecule has 1 N–H and O–H groups in total. The predicted octanol–water partition coefficient (Wildman–Crippen LogP) is 2.35. The third-order valence-electron chi connectivity index (χ3n) is 2.38. The van der Waals surface area contributed by atoms with Crippen molar-refractivity contribution in [3.8, 4) is 0 Å². The molecular weight excluding hydrogens is 216 g/mol. The molecule has 2 unspecified atom stereocenters. The summed E-state index contributed by atoms with van der Waals surface area (Å²) in [5, 5.41) is 9.73. The lowest BCUT2D eigenvalue weighted by Crippen LogP contribution is -2.04. The van der Waals surface area contributed by atoms with E-state index in [4.69, 9.17) is 0 Å². The second kappa shape index (κ2) is 2.86. The fraction of sp³-hybridized carbons (Fsp3) is 0.400. The summed E-state index contributed by atoms with van der Waals surface area (Å²) in [6.07, 6.45) is 0.622. The Kier molecular flexibility index (Phi) is 1.97. The Labute approximate surface area is 80.5 Å². The van der Waals surface area contributed by atoms with E-state index in [1.165, 1.54) is 11.1 Å². The first-order chi connectivity index (χ1) is 5.68. The van der Waals surface area contributed by atoms with Crippen LogP contribution in [-0.4, -0.2) is 9.93 Å². The predicted molar refractivity (Wildman–Crippen MR) is 52.6 cm³/mol. The van der Waals surface area contributed by atoms with Crippen LogP contribution >= 0.6 is 15.9 Å². The van der Waals surface area contributed by atoms with E-state index in [1.807, 2.05) is 0 Å². The summed E-state index contributed by atoms with van der Waals surface area (Å²) in [6, 6.07) is 6.27. The molecule has 1 aliphatic rings. The number of aryl methyl sites for hydroxylation is 1. The lowest BCUT2D eigenvalue weighted by atomic mass is 10.1. The van der Waals surface area contributed by atoms with Crippen molar-refractivity contribution in [2.24, 2.45) is 0 Å². The molecule has 2 rings (SSSR count). The molecule has 1 nitrogen and oxygen atoms in total. The van der Waals surface area contributed by atoms with E-state index in [-0.39, 0.29) is 10.9 Å². The van der Waals surface area contributed by atoms with Gasteiger partial charge >= 0.3 is 0 Å². The van der Waals surface area contributed by atoms with Crippen LogP contribution in [0.3, 0.4) is 0 Å². The summed E-state index contributed by atoms with van der Waals surface area (Å²) >= 11 is 3.46. The van der Waals surface area contributed by atoms with E-state index in [0.717, 1.165) is 12.0 Å². The zero-order chi connectivity index (χ0) is 8.72. The molecule has 0 spiro atoms. The van der Waals surface area contributed by atoms with Crippen LogP contribution in [0.2, 0.25) is 0 Å². The maximum Gasteiger partial charge on any atom is 0.0920 e. The van der Waals surface area contributed by atoms with Crippen LogP contribution in [0.1, 0.15) is 22.8 Å². The van der Waals surface area contributed by atoms with Crippen LogP contribution in [0, 0.1) is 6.92 Å². The van der Waals surface area contributed by atoms with Gasteiger partial charge in [0.25, 0.3) is 0 Å². The average molecular weight is 227 g/mol. The van der Waals surface area contributed by atoms with Gasteiger partial charge in [0, 0.05) is 4.83 Å². The van der Waals surface area contributed by atoms with Gasteiger partial charge in [0.1, 0.15) is 0 Å². The number of hydrogen-bond acceptors (Lipinski definition) is 1. The van der Waals surface area contributed by atoms with Gasteiger partial charge in [-0.25, -0.2) is 0 Å². The van der Waals surface area contributed by atoms with E-state index in [1.54, 1.807) is 0 Å². The molecule has 12 heavy (non-hydrogen) atoms. The van der Waals surface area contributed by atoms with Crippen molar-refractivity contribution >= 4 is 15.9 Å². The normalized spacial score (nSPS) is 27.2. The summed E-state index contributed by atoms with van der Waals surface area (Å²) in [6.45, 7) is 2.05. The van der Waals surface area contributed by atoms with Gasteiger partial charge in [-0.05, 0) is 24.5 Å². The lowest BCUT2D eigenvalue weighted by Gasteiger charge is -2.06. The number of hydrogen-bond donors (Lipinski definition) is 1. The monoisotopic (exact) mass is 226 g/mol. The topological polar surface area (TPSA) is 20.2 Å². The second-order valence-corrected chi connectivity index (χ2v) is 4.54. The van der Waals surface area contributed by atoms with Crippen molar-refractivity contribution in [1.29, 1.82) is 0 Å². The zero-order valence-electron chi connectivity index (χ0n) is 6.92. The average Bonchev–Trinajstić information content (AvgIpc) is 2.31. The molecule has 0 saturated heterocycles. The highest BCUT2D eigenvalue weighted by Gasteiger charge is 2.28. The standard InChI is InChI=1S/C10H11BrO/c1-6-2-3-7-5-9(11)10(12)8(7)4-6/h2-4,9-10,12H,5H2,1H3. The largest absolute Gasteiger partial charge is 0.387 e. The molecule has 64 valence electrons. The third kappa shape index (κ3) is 1.19. The summed E-state index contributed by atoms with van der Waals surface area (Å²) in [5.74, 6) is 0. The molecule has 0 fully saturated rings. The molecule has 0 amide bonds. The third-order valence-corrected chi connectivity index (χ3v) is 3.20. The molecule has 0 aliphatic heterocycles. The molecular formula is C10H11BrO. The molecule has 2 heteroatoms. The summed E-state index contributed by atoms with van der Waals surface area (Å²) in [5.41, 5.74) is 3.58. The van der Waals surface area contributed by atoms with Gasteiger partial charge in [0.2, 0.25) is 0 Å². The molecule has 1 aromatic carbocycles. The Morgan fingerprint density at radius 2 is 2.25 bits per heavy atom. The van der Waals surface area contributed by atoms with Gasteiger partial charge in [-0.3, -0.25) is 0 Å². The molecule has 1 aliphatic carbocycles. The smallest absolute Gasteiger partial charge is 0.0920 e. The van der Waals surface area contributed by atoms with Gasteiger partial charge in [-0.2, -0.15) is 0 Å². The SMILES string of the molecule is Cc1ccc2c(c1)C(O)C(Br)C2. The number of aliphatic hydroxyl groups is 1. The number of benzene rings is 1. The number of halogens is 1. The minimum atomic E-state index is -0.320. The Bertz CT molecular complexity index is 309. The Morgan fingerprint density at radius 3 is 3.00 bits per heavy atom. The first-order valence-corrected chi connectivity index (χ1v) is 5.01. The quantitative estimate of drug-likeness (QED) is 0.674. The highest BCUT2D eigenvalue weighted by molar-refractivity contribution is 9.09. The van der Waals surface area contributed by atoms with E-state index in [0.29, 0.717) is 0 Å². The summed E-state index contributed by atoms with van der Waals surface area (Å²) in [4.78, 5) is 0.203. The van der Waals surface area contributed by atoms with Crippen molar-refractivity contribution in [2.45, 2.75) is 24.3 Å². The minimum Gasteiger partial charge on any atom is -0.387 e. The van der Waals surface area contributed by atoms with E-state index >= 15 is 0 Å². The minimum absolute atomic E-state index is 0.203. The van der Waals surface area contributed by atoms with Crippen molar-refractivity contribution in [1.82, 2.24) is 0 Å². The van der Waals surface area contributed by atoms with Crippen LogP contribution in [0.25, 0.3) is 0 Å². The van der Waals surface area contributed by atoms with E-state index < -0.39 is 0 Å². The van der Waals surface area contributed by atoms with E-state index in [9.17, 15) is 5.11 Å². The van der Waals surface area contributed by atoms with Gasteiger partial charge < -0.3 is 5.11 Å². The van der Waals surface area contributed by atoms with Crippen molar-refractivity contribution in [3.05, 3.63) is 34.9 Å². The molecule has 0 radical (unpaired) electrons. The Balaban J connectivity index is 2.48. The first kappa shape index (κ1) is 8.27. The van der Waals surface area contributed by atoms with Crippen LogP contribution in [-0.2, 0) is 6.42 Å². The number of rotatable bonds is 0. The number of aliphatic hydroxyl groups excluding tert-OH is 1. The van der Waals surface area contributed by atoms with Crippen molar-refractivity contribution < 1.29 is 5.11 Å². The number of fused-ring (bicyclic) bond motifs is 1. The van der Waals surface area contributed by atoms with Crippen LogP contribution < -0.4 is 0 Å². The summed E-state index contributed by atoms with van der Waals surface area (Å²) in [7, 11) is 0. The first-order valence-electron chi connectivity index (χ1n) is 4.10. The van der Waals surface area contributed by atoms with Crippen molar-refractivity contribution in [2.75, 3.05) is 0 Å². The van der Waals surface area contributed by atoms with Crippen LogP contribution in [0.15, 0.2) is 18.2 Å². The van der Waals surface area contributed by atoms with Crippen molar-refractivity contribution in [3.63, 3.8) is 0 Å². The molecule has 2 atom stereocenters. The molecule has 0 heterocycles. The highest BCUT2D eigenvalue weighted by atomic mass is 79.9. The summed E-state index contributed by atoms with van der Waals surface area (Å²) < 4.78 is 0. The van der Waals surface area contributed by atoms with Gasteiger partial charge in [0.15, 0.2) is 0 Å². The van der Waals surface area contributed by atoms with Crippen LogP contribution in [0.4, 0.5) is 0 Å². The fourth-order valence-corrected chi connectivity index (χ4v) is 2.33. The fourth-order valence-electron chi connectivity index (χ4n) is 1.69. The Morgan fingerprint density at radius 1 is 1.50 bits per heavy atom. The van der Waals surface area contributed by atoms with E-state index in [2.05, 4.69) is 41.1 Å². The molecule has 0 saturated carbocycles. The van der Waals surface area contributed by atoms with Gasteiger partial charge in [-0.15, -0.1) is 0 Å². The second-order valence-electron chi connectivity index (χ2n) is 3.37. The molecule has 0 bridgehead atoms. The zero-order valence-corrected chi connectivity index (χ0v) is 8.51. The van der Waals surface area contributed by atoms with Gasteiger partial charge in [0.05, 0.1) is 6.10 Å². The van der Waals surface area contributed by atoms with Crippen LogP contribution in [0.5, 0.6) is 0 Å².